The standard InChI is InChI=1S/C17H12F2O2/c18-14-8-4-12(5-9-14)16(2-1-3-17(20)21)13-6-10-15(19)11-7-13/h1-11H,(H,20,21)/b3-1+. The molecule has 1 N–H and O–H groups in total. The molecule has 0 heterocycles. The van der Waals surface area contributed by atoms with E-state index in [-0.39, 0.29) is 11.6 Å². The highest BCUT2D eigenvalue weighted by Gasteiger charge is 2.05. The molecule has 0 radical (unpaired) electrons. The van der Waals surface area contributed by atoms with Crippen LogP contribution in [-0.4, -0.2) is 11.1 Å². The van der Waals surface area contributed by atoms with E-state index in [4.69, 9.17) is 5.11 Å². The minimum Gasteiger partial charge on any atom is -0.478 e. The molecular formula is C17H12F2O2. The quantitative estimate of drug-likeness (QED) is 0.680. The van der Waals surface area contributed by atoms with Gasteiger partial charge in [-0.3, -0.25) is 0 Å². The van der Waals surface area contributed by atoms with Crippen LogP contribution in [0, 0.1) is 11.6 Å². The Labute approximate surface area is 120 Å². The van der Waals surface area contributed by atoms with Crippen LogP contribution in [0.25, 0.3) is 5.57 Å². The van der Waals surface area contributed by atoms with Gasteiger partial charge in [0.05, 0.1) is 0 Å². The monoisotopic (exact) mass is 286 g/mol. The fourth-order valence-corrected chi connectivity index (χ4v) is 1.84. The number of rotatable bonds is 4. The molecule has 0 atom stereocenters. The largest absolute Gasteiger partial charge is 0.478 e. The van der Waals surface area contributed by atoms with E-state index in [1.807, 2.05) is 0 Å². The zero-order valence-corrected chi connectivity index (χ0v) is 11.0. The summed E-state index contributed by atoms with van der Waals surface area (Å²) in [6, 6.07) is 11.6. The molecule has 0 aliphatic rings. The first-order chi connectivity index (χ1) is 10.1. The Kier molecular flexibility index (Phi) is 4.61. The average molecular weight is 286 g/mol. The smallest absolute Gasteiger partial charge is 0.328 e. The Morgan fingerprint density at radius 3 is 1.67 bits per heavy atom. The molecule has 0 spiro atoms. The maximum absolute atomic E-state index is 13.0. The molecule has 2 nitrogen and oxygen atoms in total. The second-order valence-corrected chi connectivity index (χ2v) is 4.29. The Hall–Kier alpha value is -2.75. The number of carbonyl (C=O) groups is 1. The van der Waals surface area contributed by atoms with Gasteiger partial charge in [-0.25, -0.2) is 13.6 Å². The Balaban J connectivity index is 2.45. The van der Waals surface area contributed by atoms with Gasteiger partial charge in [0.25, 0.3) is 0 Å². The molecule has 0 saturated carbocycles. The van der Waals surface area contributed by atoms with Crippen molar-refractivity contribution < 1.29 is 18.7 Å². The molecule has 2 rings (SSSR count). The Morgan fingerprint density at radius 2 is 1.29 bits per heavy atom. The normalized spacial score (nSPS) is 10.6. The maximum Gasteiger partial charge on any atom is 0.328 e. The van der Waals surface area contributed by atoms with Crippen molar-refractivity contribution in [1.29, 1.82) is 0 Å². The zero-order chi connectivity index (χ0) is 15.2. The van der Waals surface area contributed by atoms with E-state index in [0.717, 1.165) is 6.08 Å². The van der Waals surface area contributed by atoms with Crippen LogP contribution in [0.2, 0.25) is 0 Å². The van der Waals surface area contributed by atoms with Crippen LogP contribution in [0.4, 0.5) is 8.78 Å². The lowest BCUT2D eigenvalue weighted by molar-refractivity contribution is -0.131. The highest BCUT2D eigenvalue weighted by Crippen LogP contribution is 2.24. The summed E-state index contributed by atoms with van der Waals surface area (Å²) in [5.74, 6) is -1.79. The lowest BCUT2D eigenvalue weighted by Crippen LogP contribution is -1.90. The predicted octanol–water partition coefficient (Wildman–Crippen LogP) is 4.04. The van der Waals surface area contributed by atoms with E-state index in [9.17, 15) is 13.6 Å². The van der Waals surface area contributed by atoms with E-state index in [2.05, 4.69) is 0 Å². The van der Waals surface area contributed by atoms with Gasteiger partial charge in [0.1, 0.15) is 11.6 Å². The van der Waals surface area contributed by atoms with Crippen molar-refractivity contribution in [2.24, 2.45) is 0 Å². The van der Waals surface area contributed by atoms with E-state index >= 15 is 0 Å². The molecule has 0 bridgehead atoms. The molecule has 2 aromatic rings. The van der Waals surface area contributed by atoms with Gasteiger partial charge in [-0.05, 0) is 41.0 Å². The summed E-state index contributed by atoms with van der Waals surface area (Å²) in [5, 5.41) is 8.63. The van der Waals surface area contributed by atoms with Crippen molar-refractivity contribution >= 4 is 11.5 Å². The van der Waals surface area contributed by atoms with Crippen LogP contribution in [0.1, 0.15) is 11.1 Å². The van der Waals surface area contributed by atoms with Gasteiger partial charge < -0.3 is 5.11 Å². The molecule has 0 unspecified atom stereocenters. The third-order valence-corrected chi connectivity index (χ3v) is 2.81. The molecule has 106 valence electrons. The van der Waals surface area contributed by atoms with Crippen molar-refractivity contribution in [1.82, 2.24) is 0 Å². The summed E-state index contributed by atoms with van der Waals surface area (Å²) in [6.07, 6.45) is 3.96. The van der Waals surface area contributed by atoms with Crippen LogP contribution in [0.5, 0.6) is 0 Å². The molecule has 0 fully saturated rings. The summed E-state index contributed by atoms with van der Waals surface area (Å²) in [6.45, 7) is 0. The van der Waals surface area contributed by atoms with E-state index in [0.29, 0.717) is 16.7 Å². The molecular weight excluding hydrogens is 274 g/mol. The third-order valence-electron chi connectivity index (χ3n) is 2.81. The van der Waals surface area contributed by atoms with Crippen molar-refractivity contribution in [2.75, 3.05) is 0 Å². The first-order valence-corrected chi connectivity index (χ1v) is 6.19. The van der Waals surface area contributed by atoms with Crippen LogP contribution in [0.3, 0.4) is 0 Å². The fraction of sp³-hybridized carbons (Fsp3) is 0. The Bertz CT molecular complexity index is 636. The van der Waals surface area contributed by atoms with E-state index < -0.39 is 5.97 Å². The summed E-state index contributed by atoms with van der Waals surface area (Å²) >= 11 is 0. The minimum absolute atomic E-state index is 0.363. The van der Waals surface area contributed by atoms with Crippen molar-refractivity contribution in [3.8, 4) is 0 Å². The second kappa shape index (κ2) is 6.61. The second-order valence-electron chi connectivity index (χ2n) is 4.29. The highest BCUT2D eigenvalue weighted by atomic mass is 19.1. The molecule has 0 saturated heterocycles. The summed E-state index contributed by atoms with van der Waals surface area (Å²) in [7, 11) is 0. The first-order valence-electron chi connectivity index (χ1n) is 6.19. The number of hydrogen-bond donors (Lipinski definition) is 1. The van der Waals surface area contributed by atoms with Gasteiger partial charge in [-0.2, -0.15) is 0 Å². The fourth-order valence-electron chi connectivity index (χ4n) is 1.84. The highest BCUT2D eigenvalue weighted by molar-refractivity contribution is 5.84. The van der Waals surface area contributed by atoms with Gasteiger partial charge >= 0.3 is 5.97 Å². The lowest BCUT2D eigenvalue weighted by Gasteiger charge is -2.08. The number of halogens is 2. The lowest BCUT2D eigenvalue weighted by atomic mass is 9.97. The van der Waals surface area contributed by atoms with Gasteiger partial charge in [-0.1, -0.05) is 36.4 Å². The molecule has 0 aliphatic heterocycles. The van der Waals surface area contributed by atoms with Crippen molar-refractivity contribution in [3.05, 3.63) is 89.5 Å². The molecule has 0 amide bonds. The number of hydrogen-bond acceptors (Lipinski definition) is 1. The van der Waals surface area contributed by atoms with Gasteiger partial charge in [0, 0.05) is 6.08 Å². The minimum atomic E-state index is -1.07. The summed E-state index contributed by atoms with van der Waals surface area (Å²) < 4.78 is 26.0. The molecule has 4 heteroatoms. The van der Waals surface area contributed by atoms with Crippen molar-refractivity contribution in [3.63, 3.8) is 0 Å². The zero-order valence-electron chi connectivity index (χ0n) is 11.0. The molecule has 0 aromatic heterocycles. The summed E-state index contributed by atoms with van der Waals surface area (Å²) in [4.78, 5) is 10.5. The molecule has 2 aromatic carbocycles. The number of benzene rings is 2. The van der Waals surface area contributed by atoms with Gasteiger partial charge in [0.15, 0.2) is 0 Å². The topological polar surface area (TPSA) is 37.3 Å². The number of aliphatic carboxylic acids is 1. The van der Waals surface area contributed by atoms with Crippen molar-refractivity contribution in [2.45, 2.75) is 0 Å². The van der Waals surface area contributed by atoms with Crippen LogP contribution in [0.15, 0.2) is 66.8 Å². The van der Waals surface area contributed by atoms with Gasteiger partial charge in [-0.15, -0.1) is 0 Å². The van der Waals surface area contributed by atoms with Crippen LogP contribution < -0.4 is 0 Å². The van der Waals surface area contributed by atoms with E-state index in [1.54, 1.807) is 30.3 Å². The predicted molar refractivity (Wildman–Crippen MR) is 76.7 cm³/mol. The number of carboxylic acid groups (broad SMARTS) is 1. The van der Waals surface area contributed by atoms with E-state index in [1.165, 1.54) is 30.3 Å². The average Bonchev–Trinajstić information content (AvgIpc) is 2.46. The van der Waals surface area contributed by atoms with Gasteiger partial charge in [0.2, 0.25) is 0 Å². The number of carboxylic acids is 1. The van der Waals surface area contributed by atoms with Crippen LogP contribution >= 0.6 is 0 Å². The molecule has 21 heavy (non-hydrogen) atoms. The SMILES string of the molecule is O=C(O)/C=C/C=C(c1ccc(F)cc1)c1ccc(F)cc1. The number of allylic oxidation sites excluding steroid dienone is 2. The first kappa shape index (κ1) is 14.7. The molecule has 0 aliphatic carbocycles. The Morgan fingerprint density at radius 1 is 0.857 bits per heavy atom. The summed E-state index contributed by atoms with van der Waals surface area (Å²) in [5.41, 5.74) is 2.09. The maximum atomic E-state index is 13.0. The third kappa shape index (κ3) is 4.11. The van der Waals surface area contributed by atoms with Crippen LogP contribution in [-0.2, 0) is 4.79 Å².